The van der Waals surface area contributed by atoms with Crippen molar-refractivity contribution in [3.05, 3.63) is 69.9 Å². The third-order valence-corrected chi connectivity index (χ3v) is 6.14. The fraction of sp³-hybridized carbons (Fsp3) is 0.273. The molecular weight excluding hydrogens is 451 g/mol. The van der Waals surface area contributed by atoms with Crippen LogP contribution in [0.4, 0.5) is 13.2 Å². The van der Waals surface area contributed by atoms with Crippen LogP contribution >= 0.6 is 11.6 Å². The molecule has 2 aromatic carbocycles. The summed E-state index contributed by atoms with van der Waals surface area (Å²) in [6, 6.07) is 10.1. The van der Waals surface area contributed by atoms with Crippen LogP contribution in [0.2, 0.25) is 5.02 Å². The molecule has 0 fully saturated rings. The maximum atomic E-state index is 13.6. The molecule has 0 aliphatic heterocycles. The second-order valence-electron chi connectivity index (χ2n) is 7.26. The third-order valence-electron chi connectivity index (χ3n) is 4.95. The van der Waals surface area contributed by atoms with E-state index in [9.17, 15) is 26.7 Å². The smallest absolute Gasteiger partial charge is 0.390 e. The maximum absolute atomic E-state index is 13.6. The van der Waals surface area contributed by atoms with Crippen LogP contribution in [0, 0.1) is 0 Å². The Hall–Kier alpha value is -2.29. The number of nitrogens with one attached hydrogen (secondary N) is 1. The molecule has 0 aliphatic rings. The lowest BCUT2D eigenvalue weighted by Crippen LogP contribution is -2.07. The summed E-state index contributed by atoms with van der Waals surface area (Å²) in [7, 11) is -3.29. The molecule has 3 rings (SSSR count). The van der Waals surface area contributed by atoms with Gasteiger partial charge in [-0.1, -0.05) is 48.9 Å². The van der Waals surface area contributed by atoms with Gasteiger partial charge in [0.15, 0.2) is 9.84 Å². The number of benzene rings is 2. The highest BCUT2D eigenvalue weighted by Gasteiger charge is 2.34. The summed E-state index contributed by atoms with van der Waals surface area (Å²) >= 11 is 6.30. The van der Waals surface area contributed by atoms with Gasteiger partial charge in [-0.3, -0.25) is 0 Å². The quantitative estimate of drug-likeness (QED) is 0.490. The topological polar surface area (TPSA) is 70.2 Å². The van der Waals surface area contributed by atoms with Gasteiger partial charge in [-0.25, -0.2) is 8.42 Å². The Morgan fingerprint density at radius 3 is 2.35 bits per heavy atom. The zero-order valence-corrected chi connectivity index (χ0v) is 18.4. The molecule has 4 nitrogen and oxygen atoms in total. The van der Waals surface area contributed by atoms with Crippen LogP contribution in [0.25, 0.3) is 22.4 Å². The van der Waals surface area contributed by atoms with E-state index in [4.69, 9.17) is 11.6 Å². The van der Waals surface area contributed by atoms with Gasteiger partial charge in [0.2, 0.25) is 0 Å². The summed E-state index contributed by atoms with van der Waals surface area (Å²) in [6.07, 6.45) is -3.04. The van der Waals surface area contributed by atoms with Crippen LogP contribution in [0.5, 0.6) is 0 Å². The lowest BCUT2D eigenvalue weighted by Gasteiger charge is -2.13. The molecule has 0 atom stereocenters. The Bertz CT molecular complexity index is 1220. The second-order valence-corrected chi connectivity index (χ2v) is 9.81. The Morgan fingerprint density at radius 2 is 1.81 bits per heavy atom. The summed E-state index contributed by atoms with van der Waals surface area (Å²) in [5.74, 6) is -0.225. The third kappa shape index (κ3) is 4.97. The number of hydrogen-bond donors (Lipinski definition) is 2. The minimum absolute atomic E-state index is 0.00686. The van der Waals surface area contributed by atoms with Crippen molar-refractivity contribution in [2.45, 2.75) is 31.9 Å². The van der Waals surface area contributed by atoms with Gasteiger partial charge in [0.05, 0.1) is 23.6 Å². The molecule has 0 saturated carbocycles. The molecule has 9 heteroatoms. The predicted octanol–water partition coefficient (Wildman–Crippen LogP) is 5.62. The van der Waals surface area contributed by atoms with Crippen LogP contribution in [-0.2, 0) is 34.8 Å². The number of H-pyrrole nitrogens is 1. The number of alkyl halides is 3. The van der Waals surface area contributed by atoms with E-state index in [0.29, 0.717) is 34.4 Å². The number of aromatic amines is 1. The van der Waals surface area contributed by atoms with Crippen molar-refractivity contribution in [3.63, 3.8) is 0 Å². The van der Waals surface area contributed by atoms with Crippen molar-refractivity contribution in [1.29, 1.82) is 0 Å². The average molecular weight is 472 g/mol. The Kier molecular flexibility index (Phi) is 6.55. The average Bonchev–Trinajstić information content (AvgIpc) is 3.06. The minimum atomic E-state index is -4.54. The van der Waals surface area contributed by atoms with Gasteiger partial charge in [-0.05, 0) is 35.2 Å². The van der Waals surface area contributed by atoms with E-state index < -0.39 is 28.2 Å². The van der Waals surface area contributed by atoms with Gasteiger partial charge in [0.25, 0.3) is 0 Å². The van der Waals surface area contributed by atoms with Crippen molar-refractivity contribution in [2.24, 2.45) is 0 Å². The molecule has 0 spiro atoms. The molecule has 1 heterocycles. The SMILES string of the molecule is CCc1c(-c2ccccc2C(F)(F)F)[nH]c(CO)c1-c1ccc(CS(C)(=O)=O)c(Cl)c1. The van der Waals surface area contributed by atoms with E-state index in [1.807, 2.05) is 6.92 Å². The van der Waals surface area contributed by atoms with E-state index in [-0.39, 0.29) is 22.0 Å². The molecule has 0 saturated heterocycles. The molecule has 31 heavy (non-hydrogen) atoms. The van der Waals surface area contributed by atoms with E-state index in [2.05, 4.69) is 4.98 Å². The molecule has 0 bridgehead atoms. The first-order chi connectivity index (χ1) is 14.5. The Labute approximate surface area is 183 Å². The van der Waals surface area contributed by atoms with Crippen LogP contribution in [0.3, 0.4) is 0 Å². The lowest BCUT2D eigenvalue weighted by atomic mass is 9.94. The molecule has 0 amide bonds. The Balaban J connectivity index is 2.21. The highest BCUT2D eigenvalue weighted by molar-refractivity contribution is 7.89. The molecule has 1 aromatic heterocycles. The number of rotatable bonds is 6. The minimum Gasteiger partial charge on any atom is -0.390 e. The second kappa shape index (κ2) is 8.68. The molecule has 166 valence electrons. The first kappa shape index (κ1) is 23.4. The first-order valence-corrected chi connectivity index (χ1v) is 11.9. The first-order valence-electron chi connectivity index (χ1n) is 9.44. The monoisotopic (exact) mass is 471 g/mol. The number of aliphatic hydroxyl groups is 1. The zero-order chi connectivity index (χ0) is 23.0. The van der Waals surface area contributed by atoms with Crippen molar-refractivity contribution >= 4 is 21.4 Å². The number of halogens is 4. The summed E-state index contributed by atoms with van der Waals surface area (Å²) in [5.41, 5.74) is 2.03. The van der Waals surface area contributed by atoms with Crippen molar-refractivity contribution < 1.29 is 26.7 Å². The van der Waals surface area contributed by atoms with E-state index in [1.54, 1.807) is 18.2 Å². The lowest BCUT2D eigenvalue weighted by molar-refractivity contribution is -0.137. The normalized spacial score (nSPS) is 12.4. The Morgan fingerprint density at radius 1 is 1.13 bits per heavy atom. The molecule has 3 aromatic rings. The number of sulfone groups is 1. The fourth-order valence-electron chi connectivity index (χ4n) is 3.70. The summed E-state index contributed by atoms with van der Waals surface area (Å²) in [6.45, 7) is 1.40. The van der Waals surface area contributed by atoms with Crippen molar-refractivity contribution in [3.8, 4) is 22.4 Å². The van der Waals surface area contributed by atoms with Gasteiger partial charge >= 0.3 is 6.18 Å². The van der Waals surface area contributed by atoms with Crippen molar-refractivity contribution in [1.82, 2.24) is 4.98 Å². The highest BCUT2D eigenvalue weighted by atomic mass is 35.5. The molecule has 0 unspecified atom stereocenters. The number of hydrogen-bond acceptors (Lipinski definition) is 3. The van der Waals surface area contributed by atoms with Gasteiger partial charge in [-0.15, -0.1) is 0 Å². The van der Waals surface area contributed by atoms with Crippen LogP contribution in [-0.4, -0.2) is 24.8 Å². The maximum Gasteiger partial charge on any atom is 0.417 e. The molecule has 0 radical (unpaired) electrons. The number of aromatic nitrogens is 1. The zero-order valence-electron chi connectivity index (χ0n) is 16.8. The summed E-state index contributed by atoms with van der Waals surface area (Å²) < 4.78 is 63.9. The molecular formula is C22H21ClF3NO3S. The van der Waals surface area contributed by atoms with Gasteiger partial charge in [0, 0.05) is 28.1 Å². The standard InChI is InChI=1S/C22H21ClF3NO3S/c1-3-15-20(13-8-9-14(18(23)10-13)12-31(2,29)30)19(11-28)27-21(15)16-6-4-5-7-17(16)22(24,25)26/h4-10,27-28H,3,11-12H2,1-2H3. The van der Waals surface area contributed by atoms with Crippen LogP contribution in [0.1, 0.15) is 29.3 Å². The number of aliphatic hydroxyl groups excluding tert-OH is 1. The predicted molar refractivity (Wildman–Crippen MR) is 116 cm³/mol. The summed E-state index contributed by atoms with van der Waals surface area (Å²) in [5, 5.41) is 10.1. The van der Waals surface area contributed by atoms with Gasteiger partial charge < -0.3 is 10.1 Å². The van der Waals surface area contributed by atoms with Crippen molar-refractivity contribution in [2.75, 3.05) is 6.26 Å². The van der Waals surface area contributed by atoms with E-state index in [0.717, 1.165) is 12.3 Å². The largest absolute Gasteiger partial charge is 0.417 e. The van der Waals surface area contributed by atoms with Gasteiger partial charge in [-0.2, -0.15) is 13.2 Å². The van der Waals surface area contributed by atoms with Gasteiger partial charge in [0.1, 0.15) is 0 Å². The fourth-order valence-corrected chi connectivity index (χ4v) is 4.84. The van der Waals surface area contributed by atoms with E-state index >= 15 is 0 Å². The van der Waals surface area contributed by atoms with Crippen LogP contribution < -0.4 is 0 Å². The van der Waals surface area contributed by atoms with Crippen LogP contribution in [0.15, 0.2) is 42.5 Å². The summed E-state index contributed by atoms with van der Waals surface area (Å²) in [4.78, 5) is 2.96. The van der Waals surface area contributed by atoms with E-state index in [1.165, 1.54) is 18.2 Å². The highest BCUT2D eigenvalue weighted by Crippen LogP contribution is 2.42. The molecule has 0 aliphatic carbocycles. The molecule has 2 N–H and O–H groups in total.